The van der Waals surface area contributed by atoms with Gasteiger partial charge >= 0.3 is 12.0 Å². The number of hydrogen-bond acceptors (Lipinski definition) is 3. The van der Waals surface area contributed by atoms with Crippen LogP contribution in [0.15, 0.2) is 42.5 Å². The minimum Gasteiger partial charge on any atom is -0.465 e. The van der Waals surface area contributed by atoms with Crippen molar-refractivity contribution in [2.45, 2.75) is 0 Å². The lowest BCUT2D eigenvalue weighted by molar-refractivity contribution is 0.0602. The predicted octanol–water partition coefficient (Wildman–Crippen LogP) is 4.42. The summed E-state index contributed by atoms with van der Waals surface area (Å²) in [4.78, 5) is 23.7. The van der Waals surface area contributed by atoms with Crippen LogP contribution in [-0.4, -0.2) is 19.1 Å². The van der Waals surface area contributed by atoms with Crippen LogP contribution in [0.2, 0.25) is 10.0 Å². The number of hydrogen-bond donors (Lipinski definition) is 2. The Labute approximate surface area is 137 Å². The van der Waals surface area contributed by atoms with Crippen molar-refractivity contribution in [1.29, 1.82) is 0 Å². The van der Waals surface area contributed by atoms with Crippen molar-refractivity contribution in [2.75, 3.05) is 17.7 Å². The number of benzene rings is 2. The highest BCUT2D eigenvalue weighted by Crippen LogP contribution is 2.29. The summed E-state index contributed by atoms with van der Waals surface area (Å²) in [6, 6.07) is 11.1. The lowest BCUT2D eigenvalue weighted by Gasteiger charge is -2.12. The van der Waals surface area contributed by atoms with E-state index in [4.69, 9.17) is 23.2 Å². The molecule has 0 atom stereocenters. The van der Waals surface area contributed by atoms with Crippen molar-refractivity contribution in [2.24, 2.45) is 0 Å². The quantitative estimate of drug-likeness (QED) is 0.813. The summed E-state index contributed by atoms with van der Waals surface area (Å²) in [6.45, 7) is 0. The maximum absolute atomic E-state index is 12.0. The van der Waals surface area contributed by atoms with Gasteiger partial charge in [-0.1, -0.05) is 41.4 Å². The highest BCUT2D eigenvalue weighted by molar-refractivity contribution is 6.42. The number of methoxy groups -OCH3 is 1. The van der Waals surface area contributed by atoms with Gasteiger partial charge in [0.15, 0.2) is 0 Å². The van der Waals surface area contributed by atoms with E-state index >= 15 is 0 Å². The Morgan fingerprint density at radius 2 is 1.64 bits per heavy atom. The summed E-state index contributed by atoms with van der Waals surface area (Å²) in [7, 11) is 1.23. The molecule has 22 heavy (non-hydrogen) atoms. The Bertz CT molecular complexity index is 705. The maximum atomic E-state index is 12.0. The smallest absolute Gasteiger partial charge is 0.340 e. The second-order valence-electron chi connectivity index (χ2n) is 4.25. The van der Waals surface area contributed by atoms with Gasteiger partial charge in [-0.2, -0.15) is 0 Å². The maximum Gasteiger partial charge on any atom is 0.340 e. The molecule has 7 heteroatoms. The summed E-state index contributed by atoms with van der Waals surface area (Å²) in [6.07, 6.45) is 0. The van der Waals surface area contributed by atoms with Gasteiger partial charge in [0.25, 0.3) is 0 Å². The van der Waals surface area contributed by atoms with Crippen LogP contribution >= 0.6 is 23.2 Å². The monoisotopic (exact) mass is 338 g/mol. The highest BCUT2D eigenvalue weighted by atomic mass is 35.5. The van der Waals surface area contributed by atoms with E-state index < -0.39 is 12.0 Å². The molecule has 2 amide bonds. The number of rotatable bonds is 3. The Hall–Kier alpha value is -2.24. The second kappa shape index (κ2) is 7.15. The fourth-order valence-corrected chi connectivity index (χ4v) is 2.06. The molecule has 0 heterocycles. The fourth-order valence-electron chi connectivity index (χ4n) is 1.74. The molecule has 2 aromatic carbocycles. The predicted molar refractivity (Wildman–Crippen MR) is 86.9 cm³/mol. The zero-order valence-electron chi connectivity index (χ0n) is 11.5. The highest BCUT2D eigenvalue weighted by Gasteiger charge is 2.17. The van der Waals surface area contributed by atoms with E-state index in [-0.39, 0.29) is 21.3 Å². The third-order valence-electron chi connectivity index (χ3n) is 2.75. The molecular formula is C15H12Cl2N2O3. The van der Waals surface area contributed by atoms with Crippen LogP contribution in [0.1, 0.15) is 10.4 Å². The molecule has 0 bridgehead atoms. The second-order valence-corrected chi connectivity index (χ2v) is 5.06. The molecule has 2 N–H and O–H groups in total. The molecule has 0 spiro atoms. The molecule has 0 aromatic heterocycles. The van der Waals surface area contributed by atoms with Gasteiger partial charge in [-0.15, -0.1) is 0 Å². The first-order valence-corrected chi connectivity index (χ1v) is 6.97. The number of esters is 1. The first kappa shape index (κ1) is 16.1. The van der Waals surface area contributed by atoms with Crippen LogP contribution in [-0.2, 0) is 4.74 Å². The van der Waals surface area contributed by atoms with E-state index in [9.17, 15) is 9.59 Å². The molecule has 0 unspecified atom stereocenters. The molecule has 0 fully saturated rings. The van der Waals surface area contributed by atoms with Gasteiger partial charge in [-0.25, -0.2) is 9.59 Å². The van der Waals surface area contributed by atoms with Crippen molar-refractivity contribution < 1.29 is 14.3 Å². The van der Waals surface area contributed by atoms with Crippen LogP contribution in [0.3, 0.4) is 0 Å². The molecule has 0 aliphatic carbocycles. The summed E-state index contributed by atoms with van der Waals surface area (Å²) in [5.41, 5.74) is 0.925. The van der Waals surface area contributed by atoms with Gasteiger partial charge in [-0.05, 0) is 24.3 Å². The summed E-state index contributed by atoms with van der Waals surface area (Å²) >= 11 is 11.8. The van der Waals surface area contributed by atoms with Gasteiger partial charge in [0.1, 0.15) is 0 Å². The lowest BCUT2D eigenvalue weighted by Crippen LogP contribution is -2.21. The average molecular weight is 339 g/mol. The lowest BCUT2D eigenvalue weighted by atomic mass is 10.2. The van der Waals surface area contributed by atoms with Crippen molar-refractivity contribution in [3.05, 3.63) is 58.1 Å². The minimum atomic E-state index is -0.631. The van der Waals surface area contributed by atoms with E-state index in [2.05, 4.69) is 15.4 Å². The first-order chi connectivity index (χ1) is 10.5. The van der Waals surface area contributed by atoms with Gasteiger partial charge in [0, 0.05) is 5.69 Å². The van der Waals surface area contributed by atoms with Crippen molar-refractivity contribution >= 4 is 46.6 Å². The van der Waals surface area contributed by atoms with Crippen LogP contribution in [0.4, 0.5) is 16.2 Å². The fraction of sp³-hybridized carbons (Fsp3) is 0.0667. The normalized spacial score (nSPS) is 9.95. The number of amides is 2. The first-order valence-electron chi connectivity index (χ1n) is 6.21. The van der Waals surface area contributed by atoms with E-state index in [1.54, 1.807) is 24.3 Å². The minimum absolute atomic E-state index is 0.111. The molecule has 2 aromatic rings. The van der Waals surface area contributed by atoms with E-state index in [0.717, 1.165) is 0 Å². The number of carbonyl (C=O) groups excluding carboxylic acids is 2. The number of carbonyl (C=O) groups is 2. The number of anilines is 2. The van der Waals surface area contributed by atoms with Crippen LogP contribution < -0.4 is 10.6 Å². The third-order valence-corrected chi connectivity index (χ3v) is 3.47. The number of ether oxygens (including phenoxy) is 1. The standard InChI is InChI=1S/C15H12Cl2N2O3/c1-22-14(20)10-7-11(16)12(17)8-13(10)19-15(21)18-9-5-3-2-4-6-9/h2-8H,1H3,(H2,18,19,21). The summed E-state index contributed by atoms with van der Waals surface area (Å²) in [5, 5.41) is 5.58. The van der Waals surface area contributed by atoms with Gasteiger partial charge in [0.2, 0.25) is 0 Å². The summed E-state index contributed by atoms with van der Waals surface area (Å²) in [5.74, 6) is -0.631. The Morgan fingerprint density at radius 3 is 2.27 bits per heavy atom. The van der Waals surface area contributed by atoms with E-state index in [1.807, 2.05) is 6.07 Å². The van der Waals surface area contributed by atoms with Gasteiger partial charge < -0.3 is 15.4 Å². The van der Waals surface area contributed by atoms with Gasteiger partial charge in [-0.3, -0.25) is 0 Å². The van der Waals surface area contributed by atoms with Crippen molar-refractivity contribution in [1.82, 2.24) is 0 Å². The Kier molecular flexibility index (Phi) is 5.25. The number of urea groups is 1. The van der Waals surface area contributed by atoms with Crippen LogP contribution in [0, 0.1) is 0 Å². The number of halogens is 2. The molecule has 0 aliphatic rings. The molecular weight excluding hydrogens is 327 g/mol. The molecule has 5 nitrogen and oxygen atoms in total. The SMILES string of the molecule is COC(=O)c1cc(Cl)c(Cl)cc1NC(=O)Nc1ccccc1. The zero-order valence-corrected chi connectivity index (χ0v) is 13.0. The Morgan fingerprint density at radius 1 is 1.00 bits per heavy atom. The van der Waals surface area contributed by atoms with Gasteiger partial charge in [0.05, 0.1) is 28.4 Å². The molecule has 0 saturated heterocycles. The number of nitrogens with one attached hydrogen (secondary N) is 2. The molecule has 0 saturated carbocycles. The third kappa shape index (κ3) is 3.90. The topological polar surface area (TPSA) is 67.4 Å². The molecule has 2 rings (SSSR count). The van der Waals surface area contributed by atoms with Crippen LogP contribution in [0.25, 0.3) is 0 Å². The largest absolute Gasteiger partial charge is 0.465 e. The summed E-state index contributed by atoms with van der Waals surface area (Å²) < 4.78 is 4.66. The van der Waals surface area contributed by atoms with Crippen molar-refractivity contribution in [3.8, 4) is 0 Å². The average Bonchev–Trinajstić information content (AvgIpc) is 2.50. The molecule has 0 aliphatic heterocycles. The zero-order chi connectivity index (χ0) is 16.1. The number of para-hydroxylation sites is 1. The van der Waals surface area contributed by atoms with Crippen LogP contribution in [0.5, 0.6) is 0 Å². The van der Waals surface area contributed by atoms with E-state index in [0.29, 0.717) is 5.69 Å². The molecule has 114 valence electrons. The van der Waals surface area contributed by atoms with Crippen molar-refractivity contribution in [3.63, 3.8) is 0 Å². The van der Waals surface area contributed by atoms with E-state index in [1.165, 1.54) is 19.2 Å². The Balaban J connectivity index is 2.23. The molecule has 0 radical (unpaired) electrons.